The molecule has 434 valence electrons. The lowest BCUT2D eigenvalue weighted by molar-refractivity contribution is -0.254. The van der Waals surface area contributed by atoms with Crippen molar-refractivity contribution >= 4 is 134 Å². The number of rotatable bonds is 22. The molecule has 9 aromatic rings. The molecule has 0 unspecified atom stereocenters. The van der Waals surface area contributed by atoms with E-state index in [4.69, 9.17) is 43.2 Å². The fourth-order valence-electron chi connectivity index (χ4n) is 8.29. The Morgan fingerprint density at radius 3 is 1.55 bits per heavy atom. The molecule has 0 spiro atoms. The zero-order valence-corrected chi connectivity index (χ0v) is 46.1. The van der Waals surface area contributed by atoms with Crippen molar-refractivity contribution < 1.29 is 76.1 Å². The third-order valence-electron chi connectivity index (χ3n) is 11.8. The molecule has 0 atom stereocenters. The van der Waals surface area contributed by atoms with Crippen molar-refractivity contribution in [1.82, 2.24) is 29.9 Å². The number of anilines is 8. The van der Waals surface area contributed by atoms with Crippen molar-refractivity contribution in [2.75, 3.05) is 34.9 Å². The van der Waals surface area contributed by atoms with Gasteiger partial charge in [0.15, 0.2) is 25.1 Å². The number of hydrogen-bond donors (Lipinski definition) is 12. The molecule has 0 aliphatic carbocycles. The summed E-state index contributed by atoms with van der Waals surface area (Å²) < 4.78 is 80.7. The lowest BCUT2D eigenvalue weighted by Crippen LogP contribution is -2.07. The van der Waals surface area contributed by atoms with Crippen molar-refractivity contribution in [2.24, 2.45) is 20.5 Å². The highest BCUT2D eigenvalue weighted by molar-refractivity contribution is 7.86. The van der Waals surface area contributed by atoms with Crippen LogP contribution in [-0.2, 0) is 43.2 Å². The zero-order valence-electron chi connectivity index (χ0n) is 43.0. The second-order valence-electron chi connectivity index (χ2n) is 17.6. The van der Waals surface area contributed by atoms with Crippen LogP contribution in [0.2, 0.25) is 10.6 Å². The summed E-state index contributed by atoms with van der Waals surface area (Å²) in [5, 5.41) is 87.7. The number of nitrogens with one attached hydrogen (secondary N) is 4. The van der Waals surface area contributed by atoms with Crippen LogP contribution >= 0.6 is 23.2 Å². The van der Waals surface area contributed by atoms with Gasteiger partial charge in [-0.1, -0.05) is 24.3 Å². The molecule has 0 bridgehead atoms. The zero-order chi connectivity index (χ0) is 60.0. The van der Waals surface area contributed by atoms with E-state index < -0.39 is 60.8 Å². The first kappa shape index (κ1) is 59.5. The quantitative estimate of drug-likeness (QED) is 0.00986. The Kier molecular flexibility index (Phi) is 17.8. The lowest BCUT2D eigenvalue weighted by atomic mass is 10.1. The number of phenols is 2. The molecule has 2 aromatic heterocycles. The van der Waals surface area contributed by atoms with E-state index in [1.54, 1.807) is 32.0 Å². The molecule has 84 heavy (non-hydrogen) atoms. The number of aromatic hydroxyl groups is 2. The second-order valence-corrected chi connectivity index (χ2v) is 21.1. The van der Waals surface area contributed by atoms with Crippen LogP contribution in [0.1, 0.15) is 22.3 Å². The van der Waals surface area contributed by atoms with Crippen molar-refractivity contribution in [3.05, 3.63) is 130 Å². The van der Waals surface area contributed by atoms with E-state index in [-0.39, 0.29) is 109 Å². The van der Waals surface area contributed by atoms with Crippen LogP contribution in [0.15, 0.2) is 127 Å². The topological polar surface area (TPSA) is 442 Å². The van der Waals surface area contributed by atoms with Crippen LogP contribution in [0.5, 0.6) is 23.0 Å². The number of aryl methyl sites for hydroxylation is 2. The number of benzene rings is 7. The second kappa shape index (κ2) is 25.1. The Balaban J connectivity index is 0.972. The molecule has 12 N–H and O–H groups in total. The molecule has 0 aliphatic heterocycles. The Morgan fingerprint density at radius 1 is 0.524 bits per heavy atom. The summed E-state index contributed by atoms with van der Waals surface area (Å²) in [6.45, 7) is 1.57. The van der Waals surface area contributed by atoms with Gasteiger partial charge in [0, 0.05) is 40.3 Å². The number of aliphatic hydroxyl groups excluding tert-OH is 2. The summed E-state index contributed by atoms with van der Waals surface area (Å²) in [6.07, 6.45) is 0. The number of azo groups is 2. The van der Waals surface area contributed by atoms with E-state index in [0.717, 1.165) is 18.2 Å². The summed E-state index contributed by atoms with van der Waals surface area (Å²) in [4.78, 5) is 32.7. The molecule has 0 saturated carbocycles. The number of nitrogens with zero attached hydrogens (tertiary/aromatic N) is 10. The Morgan fingerprint density at radius 2 is 1.02 bits per heavy atom. The predicted molar refractivity (Wildman–Crippen MR) is 301 cm³/mol. The van der Waals surface area contributed by atoms with Gasteiger partial charge in [-0.15, -0.1) is 10.2 Å². The third kappa shape index (κ3) is 14.0. The number of hydrogen-bond acceptors (Lipinski definition) is 28. The van der Waals surface area contributed by atoms with Gasteiger partial charge in [-0.25, -0.2) is 9.78 Å². The fraction of sp³-hybridized carbons (Fsp3) is 0.120. The summed E-state index contributed by atoms with van der Waals surface area (Å²) in [5.41, 5.74) is 2.46. The minimum absolute atomic E-state index is 0.00100. The average Bonchev–Trinajstić information content (AvgIpc) is 3.62. The van der Waals surface area contributed by atoms with Crippen molar-refractivity contribution in [3.63, 3.8) is 0 Å². The van der Waals surface area contributed by atoms with Gasteiger partial charge >= 0.3 is 0 Å². The molecule has 0 saturated heterocycles. The lowest BCUT2D eigenvalue weighted by Gasteiger charge is -2.16. The molecule has 30 nitrogen and oxygen atoms in total. The minimum atomic E-state index is -5.04. The van der Waals surface area contributed by atoms with Gasteiger partial charge in [-0.3, -0.25) is 19.6 Å². The summed E-state index contributed by atoms with van der Waals surface area (Å²) >= 11 is 12.8. The highest BCUT2D eigenvalue weighted by Gasteiger charge is 2.25. The monoisotopic (exact) mass is 1230 g/mol. The number of phenolic OH excluding ortho intramolecular Hbond substituents is 2. The standard InChI is InChI=1S/C50H42Cl2N14O16S2/c1-23-9-37(55-49-59-46(52)60-50(62-49)56-38-18-33(83(73,74)75)13-28-6-7-35(43(69)41(28)38)65-63-29-11-25(19-81-71)10-26(12-29)20-82-72)24(2)8-36(23)54-48-58-45(51)57-47(61-48)53-34-5-3-4-27-14-39(84(76,77)78)42(44(70)40(27)34)66-64-30-15-31(79-21-67)17-32(16-30)80-22-68/h3-18,67-72H,19-22H2,1-2H3,(H,73,74,75)(H,76,77,78)(H2,53,54,57,58,61)(H2,55,56,59,60,62). The number of fused-ring (bicyclic) bond motifs is 2. The normalized spacial score (nSPS) is 11.9. The molecule has 0 aliphatic rings. The fourth-order valence-corrected chi connectivity index (χ4v) is 9.81. The molecule has 9 rings (SSSR count). The maximum absolute atomic E-state index is 12.6. The molecule has 2 heterocycles. The van der Waals surface area contributed by atoms with E-state index in [2.05, 4.69) is 81.4 Å². The minimum Gasteiger partial charge on any atom is -0.505 e. The molecular formula is C50H42Cl2N14O16S2. The van der Waals surface area contributed by atoms with Crippen LogP contribution in [-0.4, -0.2) is 100 Å². The third-order valence-corrected chi connectivity index (χ3v) is 13.9. The van der Waals surface area contributed by atoms with Gasteiger partial charge in [0.2, 0.25) is 34.4 Å². The van der Waals surface area contributed by atoms with E-state index >= 15 is 0 Å². The Hall–Kier alpha value is -9.16. The predicted octanol–water partition coefficient (Wildman–Crippen LogP) is 10.6. The highest BCUT2D eigenvalue weighted by Crippen LogP contribution is 2.46. The van der Waals surface area contributed by atoms with Gasteiger partial charge in [0.25, 0.3) is 20.2 Å². The average molecular weight is 1230 g/mol. The van der Waals surface area contributed by atoms with Crippen LogP contribution in [0.3, 0.4) is 0 Å². The molecule has 0 amide bonds. The van der Waals surface area contributed by atoms with E-state index in [0.29, 0.717) is 33.6 Å². The molecule has 34 heteroatoms. The van der Waals surface area contributed by atoms with Gasteiger partial charge in [-0.2, -0.15) is 57.0 Å². The first-order chi connectivity index (χ1) is 40.1. The number of aromatic nitrogens is 6. The first-order valence-electron chi connectivity index (χ1n) is 23.8. The largest absolute Gasteiger partial charge is 0.505 e. The highest BCUT2D eigenvalue weighted by atomic mass is 35.5. The van der Waals surface area contributed by atoms with Crippen LogP contribution in [0, 0.1) is 13.8 Å². The smallest absolute Gasteiger partial charge is 0.296 e. The number of ether oxygens (including phenoxy) is 2. The summed E-state index contributed by atoms with van der Waals surface area (Å²) in [5.74, 6) is -1.70. The van der Waals surface area contributed by atoms with Gasteiger partial charge in [0.1, 0.15) is 41.0 Å². The molecule has 0 fully saturated rings. The van der Waals surface area contributed by atoms with E-state index in [1.165, 1.54) is 60.7 Å². The maximum Gasteiger partial charge on any atom is 0.296 e. The summed E-state index contributed by atoms with van der Waals surface area (Å²) in [7, 11) is -9.86. The van der Waals surface area contributed by atoms with E-state index in [1.807, 2.05) is 0 Å². The van der Waals surface area contributed by atoms with Gasteiger partial charge in [-0.05, 0) is 125 Å². The maximum atomic E-state index is 12.6. The van der Waals surface area contributed by atoms with Crippen molar-refractivity contribution in [1.29, 1.82) is 0 Å². The van der Waals surface area contributed by atoms with Crippen LogP contribution in [0.4, 0.5) is 69.3 Å². The molecule has 7 aromatic carbocycles. The molecular weight excluding hydrogens is 1190 g/mol. The molecule has 0 radical (unpaired) electrons. The first-order valence-corrected chi connectivity index (χ1v) is 27.4. The summed E-state index contributed by atoms with van der Waals surface area (Å²) in [6, 6.07) is 22.4. The van der Waals surface area contributed by atoms with Crippen molar-refractivity contribution in [3.8, 4) is 23.0 Å². The number of halogens is 2. The van der Waals surface area contributed by atoms with Gasteiger partial charge in [0.05, 0.1) is 27.6 Å². The number of aliphatic hydroxyl groups is 2. The van der Waals surface area contributed by atoms with Crippen LogP contribution < -0.4 is 30.7 Å². The Labute approximate surface area is 483 Å². The SMILES string of the molecule is Cc1cc(Nc2nc(Cl)nc(Nc3cccc4cc(S(=O)(=O)O)c(N=Nc5cc(OCO)cc(OCO)c5)c(O)c34)n2)c(C)cc1Nc1nc(Cl)nc(Nc2cc(S(=O)(=O)O)cc3ccc(N=Nc4cc(COO)cc(COO)c4)c(O)c23)n1. The van der Waals surface area contributed by atoms with Crippen molar-refractivity contribution in [2.45, 2.75) is 36.9 Å². The van der Waals surface area contributed by atoms with Crippen LogP contribution in [0.25, 0.3) is 21.5 Å². The van der Waals surface area contributed by atoms with Gasteiger partial charge < -0.3 is 51.2 Å². The van der Waals surface area contributed by atoms with E-state index in [9.17, 15) is 46.4 Å². The Bertz CT molecular complexity index is 4300.